The van der Waals surface area contributed by atoms with Gasteiger partial charge in [-0.3, -0.25) is 28.8 Å². The molecule has 5 saturated carbocycles. The number of hydrogen-bond donors (Lipinski definition) is 5. The Balaban J connectivity index is 0.000000220. The van der Waals surface area contributed by atoms with Gasteiger partial charge >= 0.3 is 36.4 Å². The summed E-state index contributed by atoms with van der Waals surface area (Å²) in [5, 5.41) is 45.3. The summed E-state index contributed by atoms with van der Waals surface area (Å²) in [6, 6.07) is 6.26. The van der Waals surface area contributed by atoms with Crippen molar-refractivity contribution in [2.45, 2.75) is 334 Å². The van der Waals surface area contributed by atoms with Crippen LogP contribution < -0.4 is 16.4 Å². The second kappa shape index (κ2) is 49.6. The number of carboxylic acid groups (broad SMARTS) is 2. The maximum Gasteiger partial charge on any atom is 0.490 e. The van der Waals surface area contributed by atoms with E-state index in [9.17, 15) is 59.9 Å². The van der Waals surface area contributed by atoms with Crippen molar-refractivity contribution >= 4 is 58.9 Å². The monoisotopic (exact) mass is 1810 g/mol. The molecule has 704 valence electrons. The summed E-state index contributed by atoms with van der Waals surface area (Å²) in [5.41, 5.74) is 3.26. The zero-order valence-corrected chi connectivity index (χ0v) is 75.9. The molecule has 6 N–H and O–H groups in total. The number of carboxylic acids is 2. The maximum absolute atomic E-state index is 13.6. The first-order valence-corrected chi connectivity index (χ1v) is 44.6. The van der Waals surface area contributed by atoms with E-state index in [2.05, 4.69) is 66.4 Å². The number of hydrogen-bond acceptors (Lipinski definition) is 27. The Hall–Kier alpha value is -9.88. The van der Waals surface area contributed by atoms with Crippen molar-refractivity contribution in [3.63, 3.8) is 0 Å². The molecular formula is C88H126ClF6N15O17. The number of aromatic nitrogens is 12. The van der Waals surface area contributed by atoms with Gasteiger partial charge in [0.1, 0.15) is 23.0 Å². The number of carbonyl (C=O) groups excluding carboxylic acids is 6. The van der Waals surface area contributed by atoms with E-state index in [4.69, 9.17) is 64.4 Å². The highest BCUT2D eigenvalue weighted by atomic mass is 35.5. The molecule has 39 heteroatoms. The average Bonchev–Trinajstić information content (AvgIpc) is 1.64. The maximum atomic E-state index is 13.6. The Morgan fingerprint density at radius 2 is 0.787 bits per heavy atom. The Bertz CT molecular complexity index is 4580. The summed E-state index contributed by atoms with van der Waals surface area (Å²) >= 11 is 6.08. The van der Waals surface area contributed by atoms with Crippen molar-refractivity contribution in [1.82, 2.24) is 71.1 Å². The van der Waals surface area contributed by atoms with Crippen molar-refractivity contribution in [1.29, 1.82) is 0 Å². The van der Waals surface area contributed by atoms with Crippen molar-refractivity contribution in [2.75, 3.05) is 26.7 Å². The van der Waals surface area contributed by atoms with Crippen LogP contribution in [0.4, 0.5) is 31.1 Å². The zero-order chi connectivity index (χ0) is 93.6. The number of carbonyl (C=O) groups is 8. The van der Waals surface area contributed by atoms with Crippen LogP contribution in [0.3, 0.4) is 0 Å². The molecule has 2 amide bonds. The van der Waals surface area contributed by atoms with Gasteiger partial charge in [-0.15, -0.1) is 0 Å². The summed E-state index contributed by atoms with van der Waals surface area (Å²) in [5.74, 6) is 6.19. The summed E-state index contributed by atoms with van der Waals surface area (Å²) in [7, 11) is 1.45. The number of nitrogens with one attached hydrogen (secondary N) is 2. The number of alkyl halides is 6. The molecule has 0 atom stereocenters. The highest BCUT2D eigenvalue weighted by Gasteiger charge is 2.42. The summed E-state index contributed by atoms with van der Waals surface area (Å²) in [4.78, 5) is 115. The van der Waals surface area contributed by atoms with Crippen LogP contribution in [0.1, 0.15) is 391 Å². The molecule has 127 heavy (non-hydrogen) atoms. The number of aliphatic carboxylic acids is 2. The number of benzene rings is 1. The molecule has 0 unspecified atom stereocenters. The highest BCUT2D eigenvalue weighted by Crippen LogP contribution is 2.42. The Morgan fingerprint density at radius 3 is 1.06 bits per heavy atom. The van der Waals surface area contributed by atoms with Gasteiger partial charge in [-0.2, -0.15) is 56.4 Å². The molecule has 0 spiro atoms. The normalized spacial score (nSPS) is 20.8. The van der Waals surface area contributed by atoms with Crippen molar-refractivity contribution in [2.24, 2.45) is 35.3 Å². The van der Waals surface area contributed by atoms with E-state index >= 15 is 0 Å². The smallest absolute Gasteiger partial charge is 0.481 e. The van der Waals surface area contributed by atoms with E-state index in [1.165, 1.54) is 19.2 Å². The van der Waals surface area contributed by atoms with E-state index in [-0.39, 0.29) is 112 Å². The van der Waals surface area contributed by atoms with Gasteiger partial charge in [0.25, 0.3) is 5.91 Å². The lowest BCUT2D eigenvalue weighted by molar-refractivity contribution is -0.192. The minimum absolute atomic E-state index is 0.0442. The van der Waals surface area contributed by atoms with Gasteiger partial charge < -0.3 is 58.7 Å². The number of methoxy groups -OCH3 is 1. The lowest BCUT2D eigenvalue weighted by atomic mass is 9.79. The number of amides is 2. The van der Waals surface area contributed by atoms with Gasteiger partial charge in [0, 0.05) is 115 Å². The third-order valence-corrected chi connectivity index (χ3v) is 23.1. The number of para-hydroxylation sites is 1. The zero-order valence-electron chi connectivity index (χ0n) is 75.2. The van der Waals surface area contributed by atoms with E-state index in [1.54, 1.807) is 12.1 Å². The molecular weight excluding hydrogens is 1690 g/mol. The summed E-state index contributed by atoms with van der Waals surface area (Å²) < 4.78 is 110. The molecule has 7 aromatic rings. The minimum Gasteiger partial charge on any atom is -0.481 e. The SMILES string of the molecule is CC(C)c1nc(C2CCC(C(=O)CCCN)CC2)no1.CC(C)c1nc(C2CCC(C(=O)CCCNC(=O)OC(C)(C)C)CC2)no1.CC(C)c1nc(C2CCC(C(=O)CCCNC(=O)c3cn(-c4ccccc4Cl)nc3C(F)(F)F)CC2)no1.CC(C)c1nc(C2CCC(C(=O)O)CC2)no1.COC(=O)C1CCC(c2noc(C(C)C)n2)CC1.O=C(O)C(F)(F)F. The molecule has 6 aromatic heterocycles. The number of ether oxygens (including phenoxy) is 2. The fourth-order valence-electron chi connectivity index (χ4n) is 15.3. The molecule has 0 saturated heterocycles. The third kappa shape index (κ3) is 33.3. The van der Waals surface area contributed by atoms with Crippen molar-refractivity contribution in [3.8, 4) is 5.69 Å². The standard InChI is InChI=1S/C26H29ClF3N5O3.C20H33N3O4.C15H25N3O2.C13H20N2O3.C12H18N2O3.C2HF3O2/c1-15(2)25-32-23(34-38-25)17-11-9-16(10-12-17)21(36)8-5-13-31-24(37)18-14-35(33-22(18)26(28,29)30)20-7-4-3-6-19(20)27;1-13(2)18-22-17(23-27-18)15-10-8-14(9-11-15)16(24)7-6-12-21-19(25)26-20(3,4)5;1-10(2)15-17-14(18-20-15)12-7-5-11(6-8-12)13(19)4-3-9-16;1-8(2)12-14-11(15-18-12)9-4-6-10(7-5-9)13(16)17-3;1-7(2)11-13-10(14-17-11)8-3-5-9(6-4-8)12(15)16;3-2(4,5)1(6)7/h3-4,6-7,14-17H,5,8-13H2,1-2H3,(H,31,37);13-15H,6-12H2,1-5H3,(H,21,25);10-12H,3-9,16H2,1-2H3;8-10H,4-7H2,1-3H3;7-9H,3-6H2,1-2H3,(H,15,16);(H,6,7). The fraction of sp³-hybridized carbons (Fsp3) is 0.693. The first-order valence-electron chi connectivity index (χ1n) is 44.2. The van der Waals surface area contributed by atoms with Crippen molar-refractivity contribution < 1.29 is 107 Å². The van der Waals surface area contributed by atoms with Gasteiger partial charge in [-0.25, -0.2) is 14.3 Å². The van der Waals surface area contributed by atoms with Crippen LogP contribution in [0.2, 0.25) is 5.02 Å². The molecule has 0 aliphatic heterocycles. The van der Waals surface area contributed by atoms with Crippen LogP contribution in [0.25, 0.3) is 5.69 Å². The highest BCUT2D eigenvalue weighted by molar-refractivity contribution is 6.32. The number of ketones is 3. The number of nitrogens with zero attached hydrogens (tertiary/aromatic N) is 12. The predicted octanol–water partition coefficient (Wildman–Crippen LogP) is 19.0. The largest absolute Gasteiger partial charge is 0.490 e. The molecule has 5 fully saturated rings. The molecule has 5 aliphatic rings. The van der Waals surface area contributed by atoms with Crippen LogP contribution >= 0.6 is 11.6 Å². The van der Waals surface area contributed by atoms with Crippen LogP contribution in [0.15, 0.2) is 53.1 Å². The molecule has 0 radical (unpaired) electrons. The second-order valence-electron chi connectivity index (χ2n) is 35.6. The number of rotatable bonds is 28. The van der Waals surface area contributed by atoms with Crippen LogP contribution in [-0.4, -0.2) is 156 Å². The quantitative estimate of drug-likeness (QED) is 0.0173. The van der Waals surface area contributed by atoms with Crippen LogP contribution in [-0.2, 0) is 44.4 Å². The van der Waals surface area contributed by atoms with Crippen LogP contribution in [0.5, 0.6) is 0 Å². The Kier molecular flexibility index (Phi) is 40.7. The average molecular weight is 1820 g/mol. The second-order valence-corrected chi connectivity index (χ2v) is 36.0. The topological polar surface area (TPSA) is 458 Å². The molecule has 32 nitrogen and oxygen atoms in total. The number of Topliss-reactive ketones (excluding diaryl/α,β-unsaturated/α-hetero) is 3. The van der Waals surface area contributed by atoms with Crippen LogP contribution in [0, 0.1) is 29.6 Å². The van der Waals surface area contributed by atoms with E-state index in [0.29, 0.717) is 110 Å². The lowest BCUT2D eigenvalue weighted by Gasteiger charge is -2.25. The molecule has 1 aromatic carbocycles. The molecule has 0 bridgehead atoms. The first kappa shape index (κ1) is 104. The first-order chi connectivity index (χ1) is 59.9. The van der Waals surface area contributed by atoms with Gasteiger partial charge in [-0.05, 0) is 187 Å². The molecule has 6 heterocycles. The number of halogens is 7. The van der Waals surface area contributed by atoms with E-state index in [1.807, 2.05) is 90.0 Å². The third-order valence-electron chi connectivity index (χ3n) is 22.8. The summed E-state index contributed by atoms with van der Waals surface area (Å²) in [6.07, 6.45) is 10.9. The van der Waals surface area contributed by atoms with Crippen molar-refractivity contribution in [3.05, 3.63) is 105 Å². The van der Waals surface area contributed by atoms with Gasteiger partial charge in [0.15, 0.2) is 34.8 Å². The van der Waals surface area contributed by atoms with E-state index < -0.39 is 53.2 Å². The van der Waals surface area contributed by atoms with Gasteiger partial charge in [0.2, 0.25) is 29.5 Å². The van der Waals surface area contributed by atoms with Gasteiger partial charge in [-0.1, -0.05) is 119 Å². The van der Waals surface area contributed by atoms with Gasteiger partial charge in [0.05, 0.1) is 35.2 Å². The Labute approximate surface area is 740 Å². The molecule has 5 aliphatic carbocycles. The minimum atomic E-state index is -5.08. The summed E-state index contributed by atoms with van der Waals surface area (Å²) in [6.45, 7) is 26.8. The predicted molar refractivity (Wildman–Crippen MR) is 451 cm³/mol. The number of esters is 1. The Morgan fingerprint density at radius 1 is 0.480 bits per heavy atom. The fourth-order valence-corrected chi connectivity index (χ4v) is 15.6. The lowest BCUT2D eigenvalue weighted by Crippen LogP contribution is -2.33. The number of nitrogens with two attached hydrogens (primary N) is 1. The number of alkyl carbamates (subject to hydrolysis) is 1. The van der Waals surface area contributed by atoms with E-state index in [0.717, 1.165) is 156 Å². The molecule has 12 rings (SSSR count).